The van der Waals surface area contributed by atoms with Gasteiger partial charge in [0.05, 0.1) is 12.1 Å². The largest absolute Gasteiger partial charge is 0.519 e. The average Bonchev–Trinajstić information content (AvgIpc) is 2.37. The summed E-state index contributed by atoms with van der Waals surface area (Å²) in [6.45, 7) is 2.54. The van der Waals surface area contributed by atoms with Gasteiger partial charge in [-0.3, -0.25) is 0 Å². The number of fused-ring (bicyclic) bond motifs is 1. The van der Waals surface area contributed by atoms with Crippen LogP contribution in [0, 0.1) is 0 Å². The van der Waals surface area contributed by atoms with Gasteiger partial charge >= 0.3 is 14.6 Å². The molecule has 1 aliphatic rings. The average molecular weight is 390 g/mol. The number of halogens is 4. The first-order valence-electron chi connectivity index (χ1n) is 6.39. The van der Waals surface area contributed by atoms with Crippen LogP contribution in [0.4, 0.5) is 0 Å². The molecule has 0 N–H and O–H groups in total. The van der Waals surface area contributed by atoms with E-state index in [0.717, 1.165) is 24.2 Å². The highest BCUT2D eigenvalue weighted by atomic mass is 35.8. The van der Waals surface area contributed by atoms with Gasteiger partial charge < -0.3 is 8.85 Å². The Hall–Kier alpha value is 0.574. The molecule has 0 aliphatic carbocycles. The molecule has 1 aromatic carbocycles. The number of hydrogen-bond donors (Lipinski definition) is 0. The molecule has 0 bridgehead atoms. The number of benzene rings is 1. The smallest absolute Gasteiger partial charge is 0.411 e. The molecule has 0 saturated heterocycles. The summed E-state index contributed by atoms with van der Waals surface area (Å²) in [5.41, 5.74) is 2.72. The van der Waals surface area contributed by atoms with Crippen molar-refractivity contribution in [3.8, 4) is 5.75 Å². The van der Waals surface area contributed by atoms with Crippen molar-refractivity contribution in [3.63, 3.8) is 0 Å². The standard InChI is InChI=1S/C12H16Cl4O2Si2/c1-19(9-13)17-8-11-7-10(4-5-12(11)18-19)3-2-6-20(14,15)16/h4-5,7H,2-3,6,8-9H2,1H3. The van der Waals surface area contributed by atoms with Crippen molar-refractivity contribution < 1.29 is 8.85 Å². The molecule has 0 amide bonds. The zero-order valence-electron chi connectivity index (χ0n) is 11.1. The van der Waals surface area contributed by atoms with E-state index in [-0.39, 0.29) is 0 Å². The van der Waals surface area contributed by atoms with Gasteiger partial charge in [0.25, 0.3) is 0 Å². The van der Waals surface area contributed by atoms with Crippen LogP contribution < -0.4 is 4.43 Å². The van der Waals surface area contributed by atoms with Crippen molar-refractivity contribution in [2.24, 2.45) is 0 Å². The van der Waals surface area contributed by atoms with Gasteiger partial charge in [-0.1, -0.05) is 6.07 Å². The zero-order valence-corrected chi connectivity index (χ0v) is 16.1. The lowest BCUT2D eigenvalue weighted by Gasteiger charge is -2.32. The molecular weight excluding hydrogens is 374 g/mol. The fraction of sp³-hybridized carbons (Fsp3) is 0.500. The summed E-state index contributed by atoms with van der Waals surface area (Å²) < 4.78 is 11.7. The lowest BCUT2D eigenvalue weighted by molar-refractivity contribution is 0.210. The van der Waals surface area contributed by atoms with Crippen molar-refractivity contribution >= 4 is 59.4 Å². The summed E-state index contributed by atoms with van der Waals surface area (Å²) in [5, 5.41) is 0. The Labute approximate surface area is 140 Å². The van der Waals surface area contributed by atoms with Crippen molar-refractivity contribution in [2.45, 2.75) is 32.0 Å². The summed E-state index contributed by atoms with van der Waals surface area (Å²) in [4.78, 5) is 0. The molecule has 2 nitrogen and oxygen atoms in total. The van der Waals surface area contributed by atoms with Crippen molar-refractivity contribution in [3.05, 3.63) is 29.3 Å². The SMILES string of the molecule is C[Si]1(CCl)OCc2cc(CCC[Si](Cl)(Cl)Cl)ccc2O1. The molecule has 112 valence electrons. The molecule has 1 aliphatic heterocycles. The van der Waals surface area contributed by atoms with Crippen LogP contribution in [0.25, 0.3) is 0 Å². The van der Waals surface area contributed by atoms with Crippen LogP contribution in [0.2, 0.25) is 12.6 Å². The second-order valence-corrected chi connectivity index (χ2v) is 18.2. The molecule has 0 spiro atoms. The van der Waals surface area contributed by atoms with Crippen LogP contribution >= 0.6 is 44.8 Å². The molecule has 1 atom stereocenters. The van der Waals surface area contributed by atoms with Crippen LogP contribution in [0.3, 0.4) is 0 Å². The van der Waals surface area contributed by atoms with E-state index in [2.05, 4.69) is 12.1 Å². The van der Waals surface area contributed by atoms with E-state index < -0.39 is 14.6 Å². The van der Waals surface area contributed by atoms with Gasteiger partial charge in [-0.05, 0) is 43.1 Å². The zero-order chi connectivity index (χ0) is 14.8. The minimum Gasteiger partial charge on any atom is -0.519 e. The predicted octanol–water partition coefficient (Wildman–Crippen LogP) is 5.03. The normalized spacial score (nSPS) is 22.2. The maximum atomic E-state index is 5.91. The monoisotopic (exact) mass is 388 g/mol. The van der Waals surface area contributed by atoms with Gasteiger partial charge in [-0.15, -0.1) is 44.8 Å². The van der Waals surface area contributed by atoms with Crippen LogP contribution in [0.1, 0.15) is 17.5 Å². The summed E-state index contributed by atoms with van der Waals surface area (Å²) in [7, 11) is -2.21. The maximum Gasteiger partial charge on any atom is 0.411 e. The Morgan fingerprint density at radius 2 is 2.05 bits per heavy atom. The molecule has 1 heterocycles. The summed E-state index contributed by atoms with van der Waals surface area (Å²) in [5.74, 6) is 0.894. The van der Waals surface area contributed by atoms with E-state index >= 15 is 0 Å². The van der Waals surface area contributed by atoms with Gasteiger partial charge in [0.2, 0.25) is 0 Å². The highest BCUT2D eigenvalue weighted by molar-refractivity contribution is 7.64. The number of rotatable bonds is 5. The molecule has 2 rings (SSSR count). The van der Waals surface area contributed by atoms with Crippen LogP contribution in [0.5, 0.6) is 5.75 Å². The van der Waals surface area contributed by atoms with Gasteiger partial charge in [-0.2, -0.15) is 0 Å². The van der Waals surface area contributed by atoms with E-state index in [9.17, 15) is 0 Å². The lowest BCUT2D eigenvalue weighted by Crippen LogP contribution is -2.47. The third-order valence-corrected chi connectivity index (χ3v) is 9.12. The Kier molecular flexibility index (Phi) is 5.74. The summed E-state index contributed by atoms with van der Waals surface area (Å²) in [6, 6.07) is 4.34. The molecule has 0 fully saturated rings. The summed E-state index contributed by atoms with van der Waals surface area (Å²) in [6.07, 6.45) is 1.79. The third kappa shape index (κ3) is 4.80. The molecular formula is C12H16Cl4O2Si2. The fourth-order valence-electron chi connectivity index (χ4n) is 2.05. The number of alkyl halides is 1. The van der Waals surface area contributed by atoms with E-state index in [0.29, 0.717) is 18.2 Å². The Morgan fingerprint density at radius 3 is 2.70 bits per heavy atom. The summed E-state index contributed by atoms with van der Waals surface area (Å²) >= 11 is 23.6. The Bertz CT molecular complexity index is 481. The van der Waals surface area contributed by atoms with Crippen molar-refractivity contribution in [1.82, 2.24) is 0 Å². The van der Waals surface area contributed by atoms with Gasteiger partial charge in [-0.25, -0.2) is 0 Å². The highest BCUT2D eigenvalue weighted by Gasteiger charge is 2.37. The van der Waals surface area contributed by atoms with E-state index in [1.165, 1.54) is 5.56 Å². The maximum absolute atomic E-state index is 5.91. The van der Waals surface area contributed by atoms with Crippen molar-refractivity contribution in [1.29, 1.82) is 0 Å². The van der Waals surface area contributed by atoms with Crippen LogP contribution in [-0.2, 0) is 17.5 Å². The van der Waals surface area contributed by atoms with Gasteiger partial charge in [0.15, 0.2) is 0 Å². The predicted molar refractivity (Wildman–Crippen MR) is 90.6 cm³/mol. The minimum absolute atomic E-state index is 0.433. The van der Waals surface area contributed by atoms with E-state index in [1.807, 2.05) is 12.6 Å². The third-order valence-electron chi connectivity index (χ3n) is 3.15. The quantitative estimate of drug-likeness (QED) is 0.399. The number of aryl methyl sites for hydroxylation is 1. The lowest BCUT2D eigenvalue weighted by atomic mass is 10.1. The second kappa shape index (κ2) is 6.77. The number of hydrogen-bond acceptors (Lipinski definition) is 2. The van der Waals surface area contributed by atoms with Crippen LogP contribution in [-0.4, -0.2) is 20.1 Å². The molecule has 8 heteroatoms. The Morgan fingerprint density at radius 1 is 1.30 bits per heavy atom. The minimum atomic E-state index is -2.51. The highest BCUT2D eigenvalue weighted by Crippen LogP contribution is 2.32. The molecule has 0 saturated carbocycles. The Balaban J connectivity index is 1.99. The first-order chi connectivity index (χ1) is 9.31. The molecule has 1 unspecified atom stereocenters. The van der Waals surface area contributed by atoms with Gasteiger partial charge in [0.1, 0.15) is 5.75 Å². The molecule has 1 aromatic rings. The van der Waals surface area contributed by atoms with E-state index in [1.54, 1.807) is 0 Å². The van der Waals surface area contributed by atoms with Crippen molar-refractivity contribution in [2.75, 3.05) is 5.50 Å². The topological polar surface area (TPSA) is 18.5 Å². The van der Waals surface area contributed by atoms with Gasteiger partial charge in [0, 0.05) is 5.56 Å². The molecule has 0 radical (unpaired) electrons. The van der Waals surface area contributed by atoms with Crippen LogP contribution in [0.15, 0.2) is 18.2 Å². The first kappa shape index (κ1) is 16.9. The first-order valence-corrected chi connectivity index (χ1v) is 14.7. The second-order valence-electron chi connectivity index (χ2n) is 5.07. The molecule has 0 aromatic heterocycles. The van der Waals surface area contributed by atoms with E-state index in [4.69, 9.17) is 53.7 Å². The fourth-order valence-corrected chi connectivity index (χ4v) is 5.54. The molecule has 20 heavy (non-hydrogen) atoms.